The van der Waals surface area contributed by atoms with Gasteiger partial charge >= 0.3 is 6.18 Å². The van der Waals surface area contributed by atoms with Gasteiger partial charge in [0, 0.05) is 10.9 Å². The topological polar surface area (TPSA) is 74.8 Å². The molecule has 5 nitrogen and oxygen atoms in total. The second kappa shape index (κ2) is 7.33. The van der Waals surface area contributed by atoms with Gasteiger partial charge in [-0.05, 0) is 42.0 Å². The predicted octanol–water partition coefficient (Wildman–Crippen LogP) is 5.70. The standard InChI is InChI=1S/C20H13ClF3N3O2S/c21-17-11-18-16(10-15(17)12-4-2-1-3-5-12)19(26-25-18)27-30(28,29)14-8-6-13(7-9-14)20(22,23)24/h1-11H,(H2,25,26,27). The highest BCUT2D eigenvalue weighted by molar-refractivity contribution is 7.92. The molecule has 0 bridgehead atoms. The van der Waals surface area contributed by atoms with Gasteiger partial charge in [0.25, 0.3) is 10.0 Å². The Balaban J connectivity index is 1.71. The molecule has 30 heavy (non-hydrogen) atoms. The van der Waals surface area contributed by atoms with E-state index in [9.17, 15) is 21.6 Å². The molecule has 0 saturated carbocycles. The fourth-order valence-corrected chi connectivity index (χ4v) is 4.26. The molecule has 3 aromatic carbocycles. The fourth-order valence-electron chi connectivity index (χ4n) is 2.96. The molecule has 0 aliphatic rings. The van der Waals surface area contributed by atoms with Crippen LogP contribution in [0.4, 0.5) is 19.0 Å². The summed E-state index contributed by atoms with van der Waals surface area (Å²) in [6.07, 6.45) is -4.55. The maximum atomic E-state index is 12.7. The lowest BCUT2D eigenvalue weighted by Crippen LogP contribution is -2.14. The number of aromatic amines is 1. The summed E-state index contributed by atoms with van der Waals surface area (Å²) in [7, 11) is -4.16. The van der Waals surface area contributed by atoms with Gasteiger partial charge < -0.3 is 0 Å². The number of aromatic nitrogens is 2. The first-order valence-corrected chi connectivity index (χ1v) is 10.4. The van der Waals surface area contributed by atoms with E-state index in [0.29, 0.717) is 33.6 Å². The molecular weight excluding hydrogens is 439 g/mol. The number of hydrogen-bond donors (Lipinski definition) is 2. The van der Waals surface area contributed by atoms with Gasteiger partial charge in [0.15, 0.2) is 5.82 Å². The average Bonchev–Trinajstić information content (AvgIpc) is 3.08. The molecule has 2 N–H and O–H groups in total. The van der Waals surface area contributed by atoms with E-state index in [0.717, 1.165) is 17.7 Å². The third-order valence-corrected chi connectivity index (χ3v) is 6.13. The molecule has 0 amide bonds. The monoisotopic (exact) mass is 451 g/mol. The lowest BCUT2D eigenvalue weighted by Gasteiger charge is -2.10. The van der Waals surface area contributed by atoms with Crippen LogP contribution in [0.25, 0.3) is 22.0 Å². The van der Waals surface area contributed by atoms with Crippen LogP contribution in [0.1, 0.15) is 5.56 Å². The highest BCUT2D eigenvalue weighted by Crippen LogP contribution is 2.35. The van der Waals surface area contributed by atoms with Crippen molar-refractivity contribution >= 4 is 38.3 Å². The van der Waals surface area contributed by atoms with Gasteiger partial charge in [-0.15, -0.1) is 0 Å². The van der Waals surface area contributed by atoms with E-state index in [1.54, 1.807) is 12.1 Å². The molecular formula is C20H13ClF3N3O2S. The number of alkyl halides is 3. The van der Waals surface area contributed by atoms with Crippen molar-refractivity contribution in [3.05, 3.63) is 77.3 Å². The molecule has 1 aromatic heterocycles. The van der Waals surface area contributed by atoms with Crippen molar-refractivity contribution < 1.29 is 21.6 Å². The Morgan fingerprint density at radius 3 is 2.27 bits per heavy atom. The molecule has 0 radical (unpaired) electrons. The van der Waals surface area contributed by atoms with Gasteiger partial charge in [-0.2, -0.15) is 18.3 Å². The number of H-pyrrole nitrogens is 1. The summed E-state index contributed by atoms with van der Waals surface area (Å²) in [6, 6.07) is 15.8. The number of nitrogens with zero attached hydrogens (tertiary/aromatic N) is 1. The molecule has 0 unspecified atom stereocenters. The van der Waals surface area contributed by atoms with Crippen LogP contribution in [0.5, 0.6) is 0 Å². The summed E-state index contributed by atoms with van der Waals surface area (Å²) in [5.41, 5.74) is 1.09. The molecule has 0 saturated heterocycles. The Labute approximate surface area is 174 Å². The van der Waals surface area contributed by atoms with Crippen LogP contribution < -0.4 is 4.72 Å². The van der Waals surface area contributed by atoms with E-state index in [1.165, 1.54) is 0 Å². The molecule has 4 aromatic rings. The quantitative estimate of drug-likeness (QED) is 0.417. The molecule has 4 rings (SSSR count). The van der Waals surface area contributed by atoms with Crippen LogP contribution in [-0.4, -0.2) is 18.6 Å². The zero-order valence-corrected chi connectivity index (χ0v) is 16.6. The van der Waals surface area contributed by atoms with Crippen molar-refractivity contribution in [3.63, 3.8) is 0 Å². The van der Waals surface area contributed by atoms with E-state index >= 15 is 0 Å². The van der Waals surface area contributed by atoms with E-state index in [1.807, 2.05) is 30.3 Å². The van der Waals surface area contributed by atoms with E-state index < -0.39 is 21.8 Å². The minimum Gasteiger partial charge on any atom is -0.276 e. The van der Waals surface area contributed by atoms with Crippen molar-refractivity contribution in [2.24, 2.45) is 0 Å². The lowest BCUT2D eigenvalue weighted by molar-refractivity contribution is -0.137. The Morgan fingerprint density at radius 2 is 1.63 bits per heavy atom. The third kappa shape index (κ3) is 3.86. The first-order valence-electron chi connectivity index (χ1n) is 8.58. The smallest absolute Gasteiger partial charge is 0.276 e. The van der Waals surface area contributed by atoms with Crippen molar-refractivity contribution in [1.29, 1.82) is 0 Å². The predicted molar refractivity (Wildman–Crippen MR) is 109 cm³/mol. The lowest BCUT2D eigenvalue weighted by atomic mass is 10.0. The molecule has 10 heteroatoms. The Morgan fingerprint density at radius 1 is 0.967 bits per heavy atom. The Bertz CT molecular complexity index is 1320. The van der Waals surface area contributed by atoms with Crippen molar-refractivity contribution in [2.45, 2.75) is 11.1 Å². The van der Waals surface area contributed by atoms with Crippen molar-refractivity contribution in [3.8, 4) is 11.1 Å². The Hall–Kier alpha value is -3.04. The van der Waals surface area contributed by atoms with Gasteiger partial charge in [0.1, 0.15) is 0 Å². The van der Waals surface area contributed by atoms with Crippen LogP contribution in [0.2, 0.25) is 5.02 Å². The highest BCUT2D eigenvalue weighted by Gasteiger charge is 2.30. The van der Waals surface area contributed by atoms with Gasteiger partial charge in [0.05, 0.1) is 21.0 Å². The summed E-state index contributed by atoms with van der Waals surface area (Å²) in [5.74, 6) is 0.0127. The molecule has 0 spiro atoms. The summed E-state index contributed by atoms with van der Waals surface area (Å²) >= 11 is 6.35. The van der Waals surface area contributed by atoms with E-state index in [2.05, 4.69) is 14.9 Å². The number of halogens is 4. The summed E-state index contributed by atoms with van der Waals surface area (Å²) < 4.78 is 65.8. The number of sulfonamides is 1. The van der Waals surface area contributed by atoms with Crippen LogP contribution in [0.3, 0.4) is 0 Å². The van der Waals surface area contributed by atoms with Crippen molar-refractivity contribution in [2.75, 3.05) is 4.72 Å². The normalized spacial score (nSPS) is 12.3. The summed E-state index contributed by atoms with van der Waals surface area (Å²) in [6.45, 7) is 0. The first kappa shape index (κ1) is 20.2. The van der Waals surface area contributed by atoms with E-state index in [4.69, 9.17) is 11.6 Å². The maximum absolute atomic E-state index is 12.7. The zero-order chi connectivity index (χ0) is 21.5. The van der Waals surface area contributed by atoms with E-state index in [-0.39, 0.29) is 10.7 Å². The van der Waals surface area contributed by atoms with Crippen LogP contribution >= 0.6 is 11.6 Å². The van der Waals surface area contributed by atoms with Crippen molar-refractivity contribution in [1.82, 2.24) is 10.2 Å². The molecule has 0 atom stereocenters. The van der Waals surface area contributed by atoms with Crippen LogP contribution in [-0.2, 0) is 16.2 Å². The number of nitrogens with one attached hydrogen (secondary N) is 2. The zero-order valence-electron chi connectivity index (χ0n) is 15.0. The molecule has 0 aliphatic heterocycles. The van der Waals surface area contributed by atoms with Crippen LogP contribution in [0, 0.1) is 0 Å². The fraction of sp³-hybridized carbons (Fsp3) is 0.0500. The summed E-state index contributed by atoms with van der Waals surface area (Å²) in [5, 5.41) is 7.61. The van der Waals surface area contributed by atoms with Gasteiger partial charge in [-0.25, -0.2) is 8.42 Å². The minimum atomic E-state index is -4.55. The first-order chi connectivity index (χ1) is 14.1. The second-order valence-corrected chi connectivity index (χ2v) is 8.53. The average molecular weight is 452 g/mol. The number of anilines is 1. The highest BCUT2D eigenvalue weighted by atomic mass is 35.5. The van der Waals surface area contributed by atoms with Gasteiger partial charge in [0.2, 0.25) is 0 Å². The third-order valence-electron chi connectivity index (χ3n) is 4.46. The SMILES string of the molecule is O=S(=O)(Nc1n[nH]c2cc(Cl)c(-c3ccccc3)cc12)c1ccc(C(F)(F)F)cc1. The Kier molecular flexibility index (Phi) is 4.95. The minimum absolute atomic E-state index is 0.0127. The number of fused-ring (bicyclic) bond motifs is 1. The molecule has 0 fully saturated rings. The van der Waals surface area contributed by atoms with Gasteiger partial charge in [-0.3, -0.25) is 9.82 Å². The molecule has 1 heterocycles. The molecule has 0 aliphatic carbocycles. The number of rotatable bonds is 4. The number of benzene rings is 3. The second-order valence-electron chi connectivity index (χ2n) is 6.44. The maximum Gasteiger partial charge on any atom is 0.416 e. The molecule has 154 valence electrons. The van der Waals surface area contributed by atoms with Gasteiger partial charge in [-0.1, -0.05) is 41.9 Å². The van der Waals surface area contributed by atoms with Crippen LogP contribution in [0.15, 0.2) is 71.6 Å². The summed E-state index contributed by atoms with van der Waals surface area (Å²) in [4.78, 5) is -0.316. The number of hydrogen-bond acceptors (Lipinski definition) is 3. The largest absolute Gasteiger partial charge is 0.416 e.